The van der Waals surface area contributed by atoms with Gasteiger partial charge in [0, 0.05) is 15.6 Å². The Morgan fingerprint density at radius 3 is 2.10 bits per heavy atom. The second kappa shape index (κ2) is 7.84. The highest BCUT2D eigenvalue weighted by molar-refractivity contribution is 6.36. The van der Waals surface area contributed by atoms with E-state index in [0.717, 1.165) is 24.9 Å². The van der Waals surface area contributed by atoms with Crippen molar-refractivity contribution >= 4 is 23.2 Å². The molecule has 0 saturated heterocycles. The van der Waals surface area contributed by atoms with Crippen molar-refractivity contribution < 1.29 is 0 Å². The van der Waals surface area contributed by atoms with Crippen molar-refractivity contribution in [2.24, 2.45) is 0 Å². The van der Waals surface area contributed by atoms with Gasteiger partial charge >= 0.3 is 0 Å². The Balaban J connectivity index is 2.41. The Morgan fingerprint density at radius 1 is 0.952 bits per heavy atom. The Bertz CT molecular complexity index is 558. The summed E-state index contributed by atoms with van der Waals surface area (Å²) in [5.41, 5.74) is 3.48. The molecule has 0 bridgehead atoms. The Labute approximate surface area is 137 Å². The van der Waals surface area contributed by atoms with Gasteiger partial charge in [0.1, 0.15) is 0 Å². The number of halogens is 2. The number of hydrogen-bond acceptors (Lipinski definition) is 1. The van der Waals surface area contributed by atoms with Gasteiger partial charge in [-0.05, 0) is 42.6 Å². The molecule has 1 unspecified atom stereocenters. The van der Waals surface area contributed by atoms with Gasteiger partial charge in [0.25, 0.3) is 0 Å². The van der Waals surface area contributed by atoms with Crippen LogP contribution in [0, 0.1) is 0 Å². The van der Waals surface area contributed by atoms with Crippen LogP contribution in [-0.2, 0) is 6.42 Å². The lowest BCUT2D eigenvalue weighted by atomic mass is 9.97. The van der Waals surface area contributed by atoms with Crippen LogP contribution in [0.4, 0.5) is 0 Å². The molecule has 3 heteroatoms. The molecule has 2 aromatic rings. The second-order valence-corrected chi connectivity index (χ2v) is 5.93. The molecule has 0 aliphatic carbocycles. The summed E-state index contributed by atoms with van der Waals surface area (Å²) >= 11 is 12.8. The van der Waals surface area contributed by atoms with E-state index in [0.29, 0.717) is 10.0 Å². The van der Waals surface area contributed by atoms with Crippen LogP contribution >= 0.6 is 23.2 Å². The predicted octanol–water partition coefficient (Wildman–Crippen LogP) is 5.64. The molecule has 0 saturated carbocycles. The average molecular weight is 322 g/mol. The summed E-state index contributed by atoms with van der Waals surface area (Å²) in [6, 6.07) is 14.3. The van der Waals surface area contributed by atoms with Gasteiger partial charge in [-0.25, -0.2) is 0 Å². The van der Waals surface area contributed by atoms with Crippen LogP contribution in [0.15, 0.2) is 42.5 Å². The summed E-state index contributed by atoms with van der Waals surface area (Å²) in [5.74, 6) is 0. The summed E-state index contributed by atoms with van der Waals surface area (Å²) in [5, 5.41) is 4.96. The third kappa shape index (κ3) is 4.00. The lowest BCUT2D eigenvalue weighted by molar-refractivity contribution is 0.599. The van der Waals surface area contributed by atoms with Crippen LogP contribution in [-0.4, -0.2) is 6.54 Å². The molecule has 21 heavy (non-hydrogen) atoms. The third-order valence-corrected chi connectivity index (χ3v) is 4.27. The molecule has 0 aliphatic heterocycles. The first-order valence-electron chi connectivity index (χ1n) is 7.43. The standard InChI is InChI=1S/C18H21Cl2N/c1-3-12-21-18(14-10-8-13(4-2)9-11-14)17-15(19)6-5-7-16(17)20/h5-11,18,21H,3-4,12H2,1-2H3. The van der Waals surface area contributed by atoms with Crippen LogP contribution in [0.25, 0.3) is 0 Å². The average Bonchev–Trinajstić information content (AvgIpc) is 2.50. The van der Waals surface area contributed by atoms with Crippen molar-refractivity contribution in [1.29, 1.82) is 0 Å². The molecule has 112 valence electrons. The van der Waals surface area contributed by atoms with Crippen LogP contribution in [0.1, 0.15) is 43.0 Å². The first-order valence-corrected chi connectivity index (χ1v) is 8.19. The molecule has 2 rings (SSSR count). The van der Waals surface area contributed by atoms with Crippen LogP contribution in [0.2, 0.25) is 10.0 Å². The minimum absolute atomic E-state index is 0.0251. The molecular weight excluding hydrogens is 301 g/mol. The van der Waals surface area contributed by atoms with Gasteiger partial charge in [-0.3, -0.25) is 0 Å². The van der Waals surface area contributed by atoms with Gasteiger partial charge in [0.2, 0.25) is 0 Å². The largest absolute Gasteiger partial charge is 0.306 e. The Morgan fingerprint density at radius 2 is 1.57 bits per heavy atom. The van der Waals surface area contributed by atoms with Crippen molar-refractivity contribution in [3.05, 3.63) is 69.2 Å². The number of nitrogens with one attached hydrogen (secondary N) is 1. The van der Waals surface area contributed by atoms with Crippen molar-refractivity contribution in [3.8, 4) is 0 Å². The van der Waals surface area contributed by atoms with Crippen molar-refractivity contribution in [1.82, 2.24) is 5.32 Å². The molecule has 0 amide bonds. The summed E-state index contributed by atoms with van der Waals surface area (Å²) in [7, 11) is 0. The number of benzene rings is 2. The molecule has 2 aromatic carbocycles. The minimum atomic E-state index is 0.0251. The Hall–Kier alpha value is -1.02. The minimum Gasteiger partial charge on any atom is -0.306 e. The zero-order chi connectivity index (χ0) is 15.2. The van der Waals surface area contributed by atoms with E-state index >= 15 is 0 Å². The van der Waals surface area contributed by atoms with Crippen molar-refractivity contribution in [3.63, 3.8) is 0 Å². The first-order chi connectivity index (χ1) is 10.2. The molecule has 0 aliphatic rings. The van der Waals surface area contributed by atoms with Gasteiger partial charge in [-0.15, -0.1) is 0 Å². The number of rotatable bonds is 6. The molecule has 0 heterocycles. The van der Waals surface area contributed by atoms with Gasteiger partial charge in [0.05, 0.1) is 6.04 Å². The highest BCUT2D eigenvalue weighted by Gasteiger charge is 2.19. The lowest BCUT2D eigenvalue weighted by Crippen LogP contribution is -2.23. The molecule has 1 N–H and O–H groups in total. The van der Waals surface area contributed by atoms with Gasteiger partial charge in [-0.1, -0.05) is 67.4 Å². The summed E-state index contributed by atoms with van der Waals surface area (Å²) in [4.78, 5) is 0. The van der Waals surface area contributed by atoms with E-state index in [9.17, 15) is 0 Å². The molecule has 0 fully saturated rings. The molecule has 0 radical (unpaired) electrons. The third-order valence-electron chi connectivity index (χ3n) is 3.61. The number of hydrogen-bond donors (Lipinski definition) is 1. The quantitative estimate of drug-likeness (QED) is 0.725. The maximum Gasteiger partial charge on any atom is 0.0606 e. The number of aryl methyl sites for hydroxylation is 1. The van der Waals surface area contributed by atoms with Crippen LogP contribution in [0.3, 0.4) is 0 Å². The summed E-state index contributed by atoms with van der Waals surface area (Å²) in [6.07, 6.45) is 2.10. The lowest BCUT2D eigenvalue weighted by Gasteiger charge is -2.22. The molecule has 0 spiro atoms. The predicted molar refractivity (Wildman–Crippen MR) is 92.4 cm³/mol. The normalized spacial score (nSPS) is 12.4. The van der Waals surface area contributed by atoms with Crippen molar-refractivity contribution in [2.45, 2.75) is 32.7 Å². The fraction of sp³-hybridized carbons (Fsp3) is 0.333. The maximum absolute atomic E-state index is 6.39. The molecular formula is C18H21Cl2N. The molecule has 1 nitrogen and oxygen atoms in total. The van der Waals surface area contributed by atoms with E-state index in [4.69, 9.17) is 23.2 Å². The van der Waals surface area contributed by atoms with E-state index in [1.165, 1.54) is 11.1 Å². The highest BCUT2D eigenvalue weighted by Crippen LogP contribution is 2.34. The zero-order valence-corrected chi connectivity index (χ0v) is 14.0. The van der Waals surface area contributed by atoms with E-state index in [1.807, 2.05) is 18.2 Å². The SMILES string of the molecule is CCCNC(c1ccc(CC)cc1)c1c(Cl)cccc1Cl. The first kappa shape index (κ1) is 16.4. The van der Waals surface area contributed by atoms with Gasteiger partial charge in [0.15, 0.2) is 0 Å². The summed E-state index contributed by atoms with van der Waals surface area (Å²) < 4.78 is 0. The van der Waals surface area contributed by atoms with E-state index in [1.54, 1.807) is 0 Å². The smallest absolute Gasteiger partial charge is 0.0606 e. The fourth-order valence-electron chi connectivity index (χ4n) is 2.41. The van der Waals surface area contributed by atoms with E-state index in [-0.39, 0.29) is 6.04 Å². The zero-order valence-electron chi connectivity index (χ0n) is 12.5. The summed E-state index contributed by atoms with van der Waals surface area (Å²) in [6.45, 7) is 5.23. The topological polar surface area (TPSA) is 12.0 Å². The van der Waals surface area contributed by atoms with E-state index in [2.05, 4.69) is 43.4 Å². The van der Waals surface area contributed by atoms with Crippen molar-refractivity contribution in [2.75, 3.05) is 6.54 Å². The monoisotopic (exact) mass is 321 g/mol. The Kier molecular flexibility index (Phi) is 6.10. The van der Waals surface area contributed by atoms with Crippen LogP contribution in [0.5, 0.6) is 0 Å². The molecule has 1 atom stereocenters. The fourth-order valence-corrected chi connectivity index (χ4v) is 3.02. The van der Waals surface area contributed by atoms with Crippen LogP contribution < -0.4 is 5.32 Å². The van der Waals surface area contributed by atoms with Gasteiger partial charge in [-0.2, -0.15) is 0 Å². The second-order valence-electron chi connectivity index (χ2n) is 5.12. The molecule has 0 aromatic heterocycles. The maximum atomic E-state index is 6.39. The van der Waals surface area contributed by atoms with Gasteiger partial charge < -0.3 is 5.32 Å². The van der Waals surface area contributed by atoms with E-state index < -0.39 is 0 Å². The highest BCUT2D eigenvalue weighted by atomic mass is 35.5.